The molecule has 0 amide bonds. The van der Waals surface area contributed by atoms with Crippen LogP contribution in [-0.2, 0) is 19.6 Å². The van der Waals surface area contributed by atoms with Gasteiger partial charge in [-0.05, 0) is 53.9 Å². The van der Waals surface area contributed by atoms with E-state index in [2.05, 4.69) is 5.32 Å². The molecule has 5 rings (SSSR count). The van der Waals surface area contributed by atoms with E-state index in [-0.39, 0.29) is 24.1 Å². The smallest absolute Gasteiger partial charge is 0.352 e. The molecule has 0 spiro atoms. The molecule has 1 aliphatic heterocycles. The topological polar surface area (TPSA) is 72.7 Å². The maximum atomic E-state index is 13.5. The summed E-state index contributed by atoms with van der Waals surface area (Å²) < 4.78 is 26.1. The van der Waals surface area contributed by atoms with Gasteiger partial charge in [0.2, 0.25) is 6.79 Å². The number of carboxylic acids is 1. The van der Waals surface area contributed by atoms with E-state index in [0.717, 1.165) is 27.8 Å². The molecule has 0 fully saturated rings. The SMILES string of the molecule is Cc1ccc2c(CNCc3ccc4c(c3)OCO4)c(C(=O)O)n(Cc3ccc(F)cc3Cl)c2c1. The summed E-state index contributed by atoms with van der Waals surface area (Å²) in [6.45, 7) is 3.26. The first kappa shape index (κ1) is 22.3. The highest BCUT2D eigenvalue weighted by molar-refractivity contribution is 6.31. The zero-order valence-electron chi connectivity index (χ0n) is 18.4. The van der Waals surface area contributed by atoms with Crippen molar-refractivity contribution < 1.29 is 23.8 Å². The lowest BCUT2D eigenvalue weighted by Gasteiger charge is -2.11. The summed E-state index contributed by atoms with van der Waals surface area (Å²) in [6.07, 6.45) is 0. The second-order valence-electron chi connectivity index (χ2n) is 8.27. The molecule has 1 aromatic heterocycles. The molecule has 0 saturated heterocycles. The number of aromatic nitrogens is 1. The van der Waals surface area contributed by atoms with Crippen LogP contribution in [-0.4, -0.2) is 22.4 Å². The van der Waals surface area contributed by atoms with Crippen molar-refractivity contribution in [2.45, 2.75) is 26.6 Å². The predicted octanol–water partition coefficient (Wildman–Crippen LogP) is 5.51. The quantitative estimate of drug-likeness (QED) is 0.365. The highest BCUT2D eigenvalue weighted by Crippen LogP contribution is 2.33. The lowest BCUT2D eigenvalue weighted by atomic mass is 10.1. The lowest BCUT2D eigenvalue weighted by Crippen LogP contribution is -2.17. The molecule has 2 heterocycles. The van der Waals surface area contributed by atoms with Crippen molar-refractivity contribution in [3.63, 3.8) is 0 Å². The van der Waals surface area contributed by atoms with Gasteiger partial charge in [-0.1, -0.05) is 35.9 Å². The van der Waals surface area contributed by atoms with Gasteiger partial charge in [-0.3, -0.25) is 0 Å². The molecule has 0 atom stereocenters. The number of halogens is 2. The Morgan fingerprint density at radius 3 is 2.71 bits per heavy atom. The molecule has 1 aliphatic rings. The van der Waals surface area contributed by atoms with Crippen molar-refractivity contribution in [1.82, 2.24) is 9.88 Å². The minimum absolute atomic E-state index is 0.180. The Labute approximate surface area is 200 Å². The number of carbonyl (C=O) groups is 1. The van der Waals surface area contributed by atoms with Gasteiger partial charge in [-0.15, -0.1) is 0 Å². The molecule has 0 bridgehead atoms. The van der Waals surface area contributed by atoms with Gasteiger partial charge in [0.1, 0.15) is 11.5 Å². The van der Waals surface area contributed by atoms with E-state index in [4.69, 9.17) is 21.1 Å². The van der Waals surface area contributed by atoms with E-state index < -0.39 is 11.8 Å². The number of rotatable bonds is 7. The van der Waals surface area contributed by atoms with Crippen LogP contribution in [0.3, 0.4) is 0 Å². The van der Waals surface area contributed by atoms with Crippen molar-refractivity contribution in [2.75, 3.05) is 6.79 Å². The number of aromatic carboxylic acids is 1. The molecule has 4 aromatic rings. The third-order valence-corrected chi connectivity index (χ3v) is 6.29. The van der Waals surface area contributed by atoms with Gasteiger partial charge in [0.25, 0.3) is 0 Å². The number of ether oxygens (including phenoxy) is 2. The molecular weight excluding hydrogens is 459 g/mol. The molecule has 0 aliphatic carbocycles. The summed E-state index contributed by atoms with van der Waals surface area (Å²) >= 11 is 6.26. The third-order valence-electron chi connectivity index (χ3n) is 5.94. The van der Waals surface area contributed by atoms with E-state index in [0.29, 0.717) is 30.0 Å². The molecular formula is C26H22ClFN2O4. The van der Waals surface area contributed by atoms with E-state index in [1.165, 1.54) is 12.1 Å². The number of fused-ring (bicyclic) bond motifs is 2. The number of benzene rings is 3. The van der Waals surface area contributed by atoms with Gasteiger partial charge in [0.05, 0.1) is 0 Å². The molecule has 0 saturated carbocycles. The van der Waals surface area contributed by atoms with Crippen LogP contribution in [0.25, 0.3) is 10.9 Å². The van der Waals surface area contributed by atoms with Gasteiger partial charge in [-0.2, -0.15) is 0 Å². The number of hydrogen-bond donors (Lipinski definition) is 2. The normalized spacial score (nSPS) is 12.4. The predicted molar refractivity (Wildman–Crippen MR) is 127 cm³/mol. The molecule has 3 aromatic carbocycles. The van der Waals surface area contributed by atoms with Crippen LogP contribution in [0.1, 0.15) is 32.7 Å². The first-order chi connectivity index (χ1) is 16.4. The van der Waals surface area contributed by atoms with E-state index >= 15 is 0 Å². The summed E-state index contributed by atoms with van der Waals surface area (Å²) in [5, 5.41) is 14.6. The van der Waals surface area contributed by atoms with Crippen LogP contribution in [0.4, 0.5) is 4.39 Å². The zero-order chi connectivity index (χ0) is 23.8. The van der Waals surface area contributed by atoms with E-state index in [1.807, 2.05) is 43.3 Å². The van der Waals surface area contributed by atoms with Gasteiger partial charge in [0.15, 0.2) is 11.5 Å². The monoisotopic (exact) mass is 480 g/mol. The molecule has 0 radical (unpaired) electrons. The Morgan fingerprint density at radius 1 is 1.09 bits per heavy atom. The van der Waals surface area contributed by atoms with Gasteiger partial charge < -0.3 is 24.5 Å². The van der Waals surface area contributed by atoms with Gasteiger partial charge in [-0.25, -0.2) is 9.18 Å². The average molecular weight is 481 g/mol. The van der Waals surface area contributed by atoms with Gasteiger partial charge >= 0.3 is 5.97 Å². The molecule has 6 nitrogen and oxygen atoms in total. The van der Waals surface area contributed by atoms with Crippen molar-refractivity contribution in [1.29, 1.82) is 0 Å². The zero-order valence-corrected chi connectivity index (χ0v) is 19.2. The highest BCUT2D eigenvalue weighted by atomic mass is 35.5. The number of nitrogens with one attached hydrogen (secondary N) is 1. The first-order valence-corrected chi connectivity index (χ1v) is 11.2. The Bertz CT molecular complexity index is 1420. The minimum Gasteiger partial charge on any atom is -0.477 e. The lowest BCUT2D eigenvalue weighted by molar-refractivity contribution is 0.0684. The molecule has 2 N–H and O–H groups in total. The summed E-state index contributed by atoms with van der Waals surface area (Å²) in [5.74, 6) is -0.0515. The van der Waals surface area contributed by atoms with Crippen molar-refractivity contribution in [3.05, 3.63) is 93.4 Å². The summed E-state index contributed by atoms with van der Waals surface area (Å²) in [6, 6.07) is 15.7. The standard InChI is InChI=1S/C26H22ClFN2O4/c1-15-2-6-19-20(12-29-11-16-3-7-23-24(9-16)34-14-33-23)25(26(31)32)30(22(19)8-15)13-17-4-5-18(28)10-21(17)27/h2-10,29H,11-14H2,1H3,(H,31,32). The second kappa shape index (κ2) is 9.00. The fourth-order valence-corrected chi connectivity index (χ4v) is 4.55. The van der Waals surface area contributed by atoms with Crippen LogP contribution in [0.5, 0.6) is 11.5 Å². The Morgan fingerprint density at radius 2 is 1.91 bits per heavy atom. The summed E-state index contributed by atoms with van der Waals surface area (Å²) in [7, 11) is 0. The van der Waals surface area contributed by atoms with Gasteiger partial charge in [0, 0.05) is 41.1 Å². The van der Waals surface area contributed by atoms with Crippen LogP contribution < -0.4 is 14.8 Å². The Balaban J connectivity index is 1.49. The highest BCUT2D eigenvalue weighted by Gasteiger charge is 2.23. The molecule has 0 unspecified atom stereocenters. The minimum atomic E-state index is -1.04. The molecule has 8 heteroatoms. The number of hydrogen-bond acceptors (Lipinski definition) is 4. The fourth-order valence-electron chi connectivity index (χ4n) is 4.32. The number of carboxylic acid groups (broad SMARTS) is 1. The largest absolute Gasteiger partial charge is 0.477 e. The summed E-state index contributed by atoms with van der Waals surface area (Å²) in [4.78, 5) is 12.4. The number of nitrogens with zero attached hydrogens (tertiary/aromatic N) is 1. The maximum Gasteiger partial charge on any atom is 0.352 e. The first-order valence-electron chi connectivity index (χ1n) is 10.8. The Hall–Kier alpha value is -3.55. The molecule has 174 valence electrons. The second-order valence-corrected chi connectivity index (χ2v) is 8.67. The van der Waals surface area contributed by atoms with Crippen molar-refractivity contribution in [2.24, 2.45) is 0 Å². The fraction of sp³-hybridized carbons (Fsp3) is 0.192. The van der Waals surface area contributed by atoms with E-state index in [1.54, 1.807) is 10.6 Å². The van der Waals surface area contributed by atoms with Crippen molar-refractivity contribution >= 4 is 28.5 Å². The maximum absolute atomic E-state index is 13.5. The van der Waals surface area contributed by atoms with Crippen LogP contribution in [0, 0.1) is 12.7 Å². The average Bonchev–Trinajstić information content (AvgIpc) is 3.38. The third kappa shape index (κ3) is 4.20. The van der Waals surface area contributed by atoms with Crippen molar-refractivity contribution in [3.8, 4) is 11.5 Å². The summed E-state index contributed by atoms with van der Waals surface area (Å²) in [5.41, 5.74) is 4.30. The van der Waals surface area contributed by atoms with Crippen LogP contribution >= 0.6 is 11.6 Å². The molecule has 34 heavy (non-hydrogen) atoms. The van der Waals surface area contributed by atoms with E-state index in [9.17, 15) is 14.3 Å². The van der Waals surface area contributed by atoms with Crippen LogP contribution in [0.2, 0.25) is 5.02 Å². The number of aryl methyl sites for hydroxylation is 1. The van der Waals surface area contributed by atoms with Crippen LogP contribution in [0.15, 0.2) is 54.6 Å². The Kier molecular flexibility index (Phi) is 5.89.